The van der Waals surface area contributed by atoms with Gasteiger partial charge < -0.3 is 0 Å². The highest BCUT2D eigenvalue weighted by molar-refractivity contribution is 5.62. The lowest BCUT2D eigenvalue weighted by atomic mass is 10.0. The predicted molar refractivity (Wildman–Crippen MR) is 198 cm³/mol. The Kier molecular flexibility index (Phi) is 10.4. The van der Waals surface area contributed by atoms with E-state index in [1.165, 1.54) is 50.1 Å². The van der Waals surface area contributed by atoms with E-state index >= 15 is 0 Å². The number of aromatic nitrogens is 6. The Hall–Kier alpha value is -5.88. The molecule has 0 aliphatic carbocycles. The van der Waals surface area contributed by atoms with Crippen molar-refractivity contribution in [2.45, 2.75) is 60.0 Å². The van der Waals surface area contributed by atoms with Crippen LogP contribution in [0.1, 0.15) is 37.5 Å². The Morgan fingerprint density at radius 3 is 0.627 bits per heavy atom. The van der Waals surface area contributed by atoms with E-state index in [4.69, 9.17) is 0 Å². The highest BCUT2D eigenvalue weighted by Gasteiger charge is 2.14. The first-order valence-electron chi connectivity index (χ1n) is 18.1. The lowest BCUT2D eigenvalue weighted by Crippen LogP contribution is -2.36. The van der Waals surface area contributed by atoms with Crippen LogP contribution in [0.3, 0.4) is 0 Å². The van der Waals surface area contributed by atoms with Crippen molar-refractivity contribution < 1.29 is 27.4 Å². The van der Waals surface area contributed by atoms with Crippen LogP contribution in [0, 0.1) is 0 Å². The molecule has 0 radical (unpaired) electrons. The number of aryl methyl sites for hydroxylation is 3. The van der Waals surface area contributed by atoms with Gasteiger partial charge in [-0.05, 0) is 72.4 Å². The normalized spacial score (nSPS) is 11.1. The van der Waals surface area contributed by atoms with Crippen LogP contribution in [0.4, 0.5) is 0 Å². The van der Waals surface area contributed by atoms with E-state index in [1.807, 2.05) is 0 Å². The standard InChI is InChI=1S/C45H48N6/c1-4-46-19-7-40(8-20-46)43-13-25-49(26-14-43)34-37-31-38(35-50-27-15-44(16-28-50)41-9-21-47(5-2)22-10-41)33-39(32-37)36-51-29-17-45(18-30-51)42-11-23-48(6-3)24-12-42/h7-33H,4-6,34-36H2,1-3H3/q+6. The Balaban J connectivity index is 1.12. The number of pyridine rings is 6. The van der Waals surface area contributed by atoms with E-state index in [0.29, 0.717) is 0 Å². The van der Waals surface area contributed by atoms with Gasteiger partial charge in [0.1, 0.15) is 19.6 Å². The lowest BCUT2D eigenvalue weighted by molar-refractivity contribution is -0.693. The van der Waals surface area contributed by atoms with E-state index in [-0.39, 0.29) is 0 Å². The number of benzene rings is 1. The highest BCUT2D eigenvalue weighted by Crippen LogP contribution is 2.19. The van der Waals surface area contributed by atoms with Crippen LogP contribution < -0.4 is 27.4 Å². The number of rotatable bonds is 12. The molecule has 51 heavy (non-hydrogen) atoms. The summed E-state index contributed by atoms with van der Waals surface area (Å²) < 4.78 is 13.4. The molecular weight excluding hydrogens is 625 g/mol. The van der Waals surface area contributed by atoms with Crippen LogP contribution in [-0.2, 0) is 39.3 Å². The molecule has 0 spiro atoms. The summed E-state index contributed by atoms with van der Waals surface area (Å²) in [6.07, 6.45) is 26.0. The monoisotopic (exact) mass is 672 g/mol. The average molecular weight is 673 g/mol. The van der Waals surface area contributed by atoms with Crippen molar-refractivity contribution in [1.82, 2.24) is 0 Å². The van der Waals surface area contributed by atoms with E-state index in [9.17, 15) is 0 Å². The van der Waals surface area contributed by atoms with Gasteiger partial charge in [-0.1, -0.05) is 0 Å². The average Bonchev–Trinajstić information content (AvgIpc) is 3.19. The maximum Gasteiger partial charge on any atom is 0.173 e. The van der Waals surface area contributed by atoms with Crippen LogP contribution in [0.2, 0.25) is 0 Å². The summed E-state index contributed by atoms with van der Waals surface area (Å²) in [5.74, 6) is 0. The molecule has 0 fully saturated rings. The van der Waals surface area contributed by atoms with E-state index < -0.39 is 0 Å². The zero-order valence-corrected chi connectivity index (χ0v) is 30.0. The van der Waals surface area contributed by atoms with Gasteiger partial charge >= 0.3 is 0 Å². The molecule has 7 rings (SSSR count). The van der Waals surface area contributed by atoms with Gasteiger partial charge in [0.25, 0.3) is 0 Å². The highest BCUT2D eigenvalue weighted by atomic mass is 14.9. The van der Waals surface area contributed by atoms with E-state index in [2.05, 4.69) is 214 Å². The molecule has 252 valence electrons. The summed E-state index contributed by atoms with van der Waals surface area (Å²) in [7, 11) is 0. The molecular formula is C45H48N6+6. The van der Waals surface area contributed by atoms with E-state index in [1.54, 1.807) is 0 Å². The molecule has 6 aromatic heterocycles. The van der Waals surface area contributed by atoms with Crippen LogP contribution in [-0.4, -0.2) is 0 Å². The van der Waals surface area contributed by atoms with Crippen molar-refractivity contribution in [2.24, 2.45) is 0 Å². The minimum absolute atomic E-state index is 0.802. The fraction of sp³-hybridized carbons (Fsp3) is 0.200. The van der Waals surface area contributed by atoms with Crippen molar-refractivity contribution in [3.63, 3.8) is 0 Å². The van der Waals surface area contributed by atoms with Crippen molar-refractivity contribution >= 4 is 0 Å². The molecule has 0 saturated carbocycles. The second-order valence-electron chi connectivity index (χ2n) is 13.2. The molecule has 6 heteroatoms. The van der Waals surface area contributed by atoms with Crippen LogP contribution >= 0.6 is 0 Å². The minimum atomic E-state index is 0.802. The van der Waals surface area contributed by atoms with Gasteiger partial charge in [0.05, 0.1) is 0 Å². The molecule has 0 saturated heterocycles. The van der Waals surface area contributed by atoms with Crippen molar-refractivity contribution in [2.75, 3.05) is 0 Å². The summed E-state index contributed by atoms with van der Waals surface area (Å²) in [5.41, 5.74) is 11.3. The van der Waals surface area contributed by atoms with Gasteiger partial charge in [0.15, 0.2) is 94.0 Å². The molecule has 0 aliphatic heterocycles. The van der Waals surface area contributed by atoms with Crippen molar-refractivity contribution in [3.05, 3.63) is 182 Å². The Labute approximate surface area is 302 Å². The molecule has 6 nitrogen and oxygen atoms in total. The fourth-order valence-electron chi connectivity index (χ4n) is 6.59. The quantitative estimate of drug-likeness (QED) is 0.151. The van der Waals surface area contributed by atoms with Crippen molar-refractivity contribution in [1.29, 1.82) is 0 Å². The van der Waals surface area contributed by atoms with Gasteiger partial charge in [-0.25, -0.2) is 27.4 Å². The first kappa shape index (κ1) is 33.6. The Morgan fingerprint density at radius 2 is 0.451 bits per heavy atom. The van der Waals surface area contributed by atoms with Crippen molar-refractivity contribution in [3.8, 4) is 33.4 Å². The van der Waals surface area contributed by atoms with Gasteiger partial charge in [0, 0.05) is 89.5 Å². The maximum absolute atomic E-state index is 2.36. The van der Waals surface area contributed by atoms with E-state index in [0.717, 1.165) is 39.3 Å². The summed E-state index contributed by atoms with van der Waals surface area (Å²) in [6, 6.07) is 33.5. The summed E-state index contributed by atoms with van der Waals surface area (Å²) in [6.45, 7) is 11.8. The third-order valence-electron chi connectivity index (χ3n) is 9.65. The zero-order valence-electron chi connectivity index (χ0n) is 30.0. The fourth-order valence-corrected chi connectivity index (χ4v) is 6.59. The molecule has 0 unspecified atom stereocenters. The van der Waals surface area contributed by atoms with Crippen LogP contribution in [0.15, 0.2) is 165 Å². The minimum Gasteiger partial charge on any atom is -0.205 e. The number of hydrogen-bond donors (Lipinski definition) is 0. The zero-order chi connectivity index (χ0) is 35.0. The smallest absolute Gasteiger partial charge is 0.173 e. The second-order valence-corrected chi connectivity index (χ2v) is 13.2. The predicted octanol–water partition coefficient (Wildman–Crippen LogP) is 5.62. The largest absolute Gasteiger partial charge is 0.205 e. The molecule has 7 aromatic rings. The topological polar surface area (TPSA) is 23.3 Å². The molecule has 0 atom stereocenters. The van der Waals surface area contributed by atoms with Crippen LogP contribution in [0.5, 0.6) is 0 Å². The Bertz CT molecular complexity index is 1910. The van der Waals surface area contributed by atoms with Gasteiger partial charge in [0.2, 0.25) is 0 Å². The molecule has 6 heterocycles. The summed E-state index contributed by atoms with van der Waals surface area (Å²) in [5, 5.41) is 0. The number of nitrogens with zero attached hydrogens (tertiary/aromatic N) is 6. The molecule has 0 aliphatic rings. The summed E-state index contributed by atoms with van der Waals surface area (Å²) in [4.78, 5) is 0. The van der Waals surface area contributed by atoms with Gasteiger partial charge in [-0.2, -0.15) is 0 Å². The van der Waals surface area contributed by atoms with Gasteiger partial charge in [-0.3, -0.25) is 0 Å². The lowest BCUT2D eigenvalue weighted by Gasteiger charge is -2.07. The first-order chi connectivity index (χ1) is 25.0. The third-order valence-corrected chi connectivity index (χ3v) is 9.65. The Morgan fingerprint density at radius 1 is 0.275 bits per heavy atom. The molecule has 0 N–H and O–H groups in total. The molecule has 0 bridgehead atoms. The number of hydrogen-bond acceptors (Lipinski definition) is 0. The maximum atomic E-state index is 2.36. The molecule has 1 aromatic carbocycles. The SMILES string of the molecule is CC[n+]1ccc(-c2cc[n+](Cc3cc(C[n+]4ccc(-c5cc[n+](CC)cc5)cc4)cc(C[n+]4ccc(-c5cc[n+](CC)cc5)cc4)c3)cc2)cc1. The third kappa shape index (κ3) is 8.47. The first-order valence-corrected chi connectivity index (χ1v) is 18.1. The van der Waals surface area contributed by atoms with Gasteiger partial charge in [-0.15, -0.1) is 0 Å². The summed E-state index contributed by atoms with van der Waals surface area (Å²) >= 11 is 0. The second kappa shape index (κ2) is 15.8. The van der Waals surface area contributed by atoms with Crippen LogP contribution in [0.25, 0.3) is 33.4 Å². The molecule has 0 amide bonds.